The summed E-state index contributed by atoms with van der Waals surface area (Å²) in [6, 6.07) is 5.51. The summed E-state index contributed by atoms with van der Waals surface area (Å²) in [6.45, 7) is 0.0386. The van der Waals surface area contributed by atoms with Crippen LogP contribution in [-0.4, -0.2) is 43.8 Å². The van der Waals surface area contributed by atoms with Crippen molar-refractivity contribution in [3.8, 4) is 0 Å². The van der Waals surface area contributed by atoms with Gasteiger partial charge >= 0.3 is 0 Å². The normalized spacial score (nSPS) is 24.7. The maximum atomic E-state index is 12.7. The third-order valence-electron chi connectivity index (χ3n) is 4.48. The molecule has 0 spiro atoms. The number of hydrogen-bond donors (Lipinski definition) is 2. The summed E-state index contributed by atoms with van der Waals surface area (Å²) in [5, 5.41) is 8.01. The Morgan fingerprint density at radius 1 is 1.17 bits per heavy atom. The van der Waals surface area contributed by atoms with Crippen LogP contribution in [0.3, 0.4) is 0 Å². The molecule has 1 aromatic carbocycles. The minimum absolute atomic E-state index is 0.00636. The molecule has 23 heavy (non-hydrogen) atoms. The molecule has 1 heterocycles. The highest BCUT2D eigenvalue weighted by atomic mass is 32.2. The molecule has 1 aliphatic carbocycles. The lowest BCUT2D eigenvalue weighted by molar-refractivity contribution is -0.127. The molecule has 124 valence electrons. The van der Waals surface area contributed by atoms with Gasteiger partial charge in [-0.3, -0.25) is 9.59 Å². The predicted octanol–water partition coefficient (Wildman–Crippen LogP) is 0.217. The number of carbonyl (C=O) groups is 2. The van der Waals surface area contributed by atoms with Crippen LogP contribution in [0, 0.1) is 0 Å². The number of amides is 2. The van der Waals surface area contributed by atoms with Gasteiger partial charge in [-0.2, -0.15) is 0 Å². The minimum Gasteiger partial charge on any atom is -0.350 e. The topological polar surface area (TPSA) is 110 Å². The molecule has 0 aromatic heterocycles. The summed E-state index contributed by atoms with van der Waals surface area (Å²) in [5.74, 6) is -0.402. The van der Waals surface area contributed by atoms with Crippen molar-refractivity contribution in [2.75, 3.05) is 6.54 Å². The fourth-order valence-electron chi connectivity index (χ4n) is 3.35. The Balaban J connectivity index is 1.84. The van der Waals surface area contributed by atoms with E-state index in [4.69, 9.17) is 5.14 Å². The average Bonchev–Trinajstić information content (AvgIpc) is 2.52. The molecule has 0 unspecified atom stereocenters. The van der Waals surface area contributed by atoms with Gasteiger partial charge in [-0.1, -0.05) is 12.8 Å². The van der Waals surface area contributed by atoms with Crippen LogP contribution in [0.15, 0.2) is 29.2 Å². The Kier molecular flexibility index (Phi) is 4.11. The Morgan fingerprint density at radius 3 is 2.48 bits per heavy atom. The predicted molar refractivity (Wildman–Crippen MR) is 83.0 cm³/mol. The number of hydrogen-bond acceptors (Lipinski definition) is 4. The number of nitrogens with two attached hydrogens (primary N) is 1. The van der Waals surface area contributed by atoms with Crippen molar-refractivity contribution in [1.29, 1.82) is 0 Å². The van der Waals surface area contributed by atoms with Crippen molar-refractivity contribution in [1.82, 2.24) is 10.2 Å². The Bertz CT molecular complexity index is 730. The van der Waals surface area contributed by atoms with Gasteiger partial charge < -0.3 is 10.2 Å². The zero-order valence-corrected chi connectivity index (χ0v) is 13.4. The first-order chi connectivity index (χ1) is 10.9. The maximum Gasteiger partial charge on any atom is 0.254 e. The van der Waals surface area contributed by atoms with Gasteiger partial charge in [-0.05, 0) is 37.1 Å². The van der Waals surface area contributed by atoms with E-state index in [0.717, 1.165) is 25.7 Å². The Labute approximate surface area is 134 Å². The Morgan fingerprint density at radius 2 is 1.83 bits per heavy atom. The quantitative estimate of drug-likeness (QED) is 0.804. The van der Waals surface area contributed by atoms with E-state index in [-0.39, 0.29) is 35.3 Å². The fraction of sp³-hybridized carbons (Fsp3) is 0.467. The second-order valence-electron chi connectivity index (χ2n) is 6.03. The molecule has 3 rings (SSSR count). The first-order valence-corrected chi connectivity index (χ1v) is 9.14. The molecule has 1 saturated heterocycles. The zero-order chi connectivity index (χ0) is 16.6. The van der Waals surface area contributed by atoms with Gasteiger partial charge in [-0.15, -0.1) is 0 Å². The molecule has 2 amide bonds. The van der Waals surface area contributed by atoms with E-state index in [1.165, 1.54) is 24.3 Å². The third-order valence-corrected chi connectivity index (χ3v) is 5.41. The van der Waals surface area contributed by atoms with Crippen molar-refractivity contribution in [3.63, 3.8) is 0 Å². The average molecular weight is 337 g/mol. The van der Waals surface area contributed by atoms with Gasteiger partial charge in [0.05, 0.1) is 10.9 Å². The van der Waals surface area contributed by atoms with Gasteiger partial charge in [0.2, 0.25) is 15.9 Å². The van der Waals surface area contributed by atoms with Gasteiger partial charge in [0.25, 0.3) is 5.91 Å². The van der Waals surface area contributed by atoms with Gasteiger partial charge in [0, 0.05) is 11.6 Å². The highest BCUT2D eigenvalue weighted by Crippen LogP contribution is 2.27. The summed E-state index contributed by atoms with van der Waals surface area (Å²) in [5.41, 5.74) is 0.358. The molecule has 7 nitrogen and oxygen atoms in total. The molecular formula is C15H19N3O4S. The molecule has 2 fully saturated rings. The first kappa shape index (κ1) is 15.9. The molecule has 1 saturated carbocycles. The van der Waals surface area contributed by atoms with Crippen LogP contribution in [0.2, 0.25) is 0 Å². The van der Waals surface area contributed by atoms with Crippen molar-refractivity contribution in [2.24, 2.45) is 5.14 Å². The van der Waals surface area contributed by atoms with Crippen molar-refractivity contribution in [3.05, 3.63) is 29.8 Å². The van der Waals surface area contributed by atoms with Crippen LogP contribution in [0.25, 0.3) is 0 Å². The van der Waals surface area contributed by atoms with Crippen LogP contribution in [0.4, 0.5) is 0 Å². The highest BCUT2D eigenvalue weighted by Gasteiger charge is 2.39. The molecule has 0 bridgehead atoms. The summed E-state index contributed by atoms with van der Waals surface area (Å²) in [6.07, 6.45) is 3.83. The first-order valence-electron chi connectivity index (χ1n) is 7.59. The number of primary sulfonamides is 1. The molecule has 1 aromatic rings. The van der Waals surface area contributed by atoms with E-state index < -0.39 is 10.0 Å². The molecule has 3 N–H and O–H groups in total. The molecule has 8 heteroatoms. The van der Waals surface area contributed by atoms with E-state index in [9.17, 15) is 18.0 Å². The fourth-order valence-corrected chi connectivity index (χ4v) is 3.87. The van der Waals surface area contributed by atoms with Crippen LogP contribution >= 0.6 is 0 Å². The van der Waals surface area contributed by atoms with E-state index in [1.807, 2.05) is 0 Å². The smallest absolute Gasteiger partial charge is 0.254 e. The van der Waals surface area contributed by atoms with Crippen LogP contribution in [-0.2, 0) is 14.8 Å². The van der Waals surface area contributed by atoms with Gasteiger partial charge in [0.15, 0.2) is 0 Å². The number of sulfonamides is 1. The standard InChI is InChI=1S/C15H19N3O4S/c16-23(21,22)11-7-5-10(6-8-11)15(20)18-9-14(19)17-12-3-1-2-4-13(12)18/h5-8,12-13H,1-4,9H2,(H,17,19)(H2,16,21,22)/t12-,13-/m1/s1. The molecular weight excluding hydrogens is 318 g/mol. The van der Waals surface area contributed by atoms with E-state index in [2.05, 4.69) is 5.32 Å². The van der Waals surface area contributed by atoms with E-state index >= 15 is 0 Å². The second kappa shape index (κ2) is 5.93. The molecule has 2 aliphatic rings. The second-order valence-corrected chi connectivity index (χ2v) is 7.59. The largest absolute Gasteiger partial charge is 0.350 e. The highest BCUT2D eigenvalue weighted by molar-refractivity contribution is 7.89. The number of benzene rings is 1. The SMILES string of the molecule is NS(=O)(=O)c1ccc(C(=O)N2CC(=O)N[C@@H]3CCCC[C@H]32)cc1. The van der Waals surface area contributed by atoms with Crippen LogP contribution in [0.5, 0.6) is 0 Å². The summed E-state index contributed by atoms with van der Waals surface area (Å²) in [4.78, 5) is 26.1. The summed E-state index contributed by atoms with van der Waals surface area (Å²) >= 11 is 0. The zero-order valence-electron chi connectivity index (χ0n) is 12.6. The number of nitrogens with zero attached hydrogens (tertiary/aromatic N) is 1. The lowest BCUT2D eigenvalue weighted by Crippen LogP contribution is -2.62. The molecule has 1 aliphatic heterocycles. The lowest BCUT2D eigenvalue weighted by atomic mass is 9.87. The summed E-state index contributed by atoms with van der Waals surface area (Å²) < 4.78 is 22.6. The number of piperazine rings is 1. The van der Waals surface area contributed by atoms with Gasteiger partial charge in [-0.25, -0.2) is 13.6 Å². The van der Waals surface area contributed by atoms with Gasteiger partial charge in [0.1, 0.15) is 6.54 Å². The number of nitrogens with one attached hydrogen (secondary N) is 1. The Hall–Kier alpha value is -1.93. The van der Waals surface area contributed by atoms with Crippen LogP contribution in [0.1, 0.15) is 36.0 Å². The van der Waals surface area contributed by atoms with E-state index in [1.54, 1.807) is 4.90 Å². The van der Waals surface area contributed by atoms with Crippen molar-refractivity contribution < 1.29 is 18.0 Å². The van der Waals surface area contributed by atoms with Crippen LogP contribution < -0.4 is 10.5 Å². The number of rotatable bonds is 2. The maximum absolute atomic E-state index is 12.7. The number of fused-ring (bicyclic) bond motifs is 1. The van der Waals surface area contributed by atoms with Crippen molar-refractivity contribution in [2.45, 2.75) is 42.7 Å². The van der Waals surface area contributed by atoms with E-state index in [0.29, 0.717) is 5.56 Å². The molecule has 2 atom stereocenters. The number of carbonyl (C=O) groups excluding carboxylic acids is 2. The minimum atomic E-state index is -3.79. The molecule has 0 radical (unpaired) electrons. The van der Waals surface area contributed by atoms with Crippen molar-refractivity contribution >= 4 is 21.8 Å². The monoisotopic (exact) mass is 337 g/mol. The lowest BCUT2D eigenvalue weighted by Gasteiger charge is -2.44. The third kappa shape index (κ3) is 3.23. The summed E-state index contributed by atoms with van der Waals surface area (Å²) in [7, 11) is -3.79.